The van der Waals surface area contributed by atoms with E-state index >= 15 is 0 Å². The van der Waals surface area contributed by atoms with Gasteiger partial charge in [0.2, 0.25) is 0 Å². The van der Waals surface area contributed by atoms with Gasteiger partial charge < -0.3 is 39.5 Å². The summed E-state index contributed by atoms with van der Waals surface area (Å²) >= 11 is 0. The normalized spacial score (nSPS) is 12.5. The number of para-hydroxylation sites is 4. The van der Waals surface area contributed by atoms with Crippen LogP contribution in [-0.2, 0) is 0 Å². The van der Waals surface area contributed by atoms with Gasteiger partial charge in [-0.2, -0.15) is 0 Å². The molecule has 0 aliphatic carbocycles. The number of anilines is 4. The van der Waals surface area contributed by atoms with Crippen molar-refractivity contribution in [2.75, 3.05) is 76.0 Å². The third-order valence-electron chi connectivity index (χ3n) is 11.5. The molecule has 4 N–H and O–H groups in total. The first-order valence-corrected chi connectivity index (χ1v) is 20.4. The van der Waals surface area contributed by atoms with E-state index in [9.17, 15) is 0 Å². The highest BCUT2D eigenvalue weighted by Gasteiger charge is 2.22. The topological polar surface area (TPSA) is 76.1 Å². The lowest BCUT2D eigenvalue weighted by Crippen LogP contribution is -2.21. The van der Waals surface area contributed by atoms with Crippen molar-refractivity contribution in [1.82, 2.24) is 19.9 Å². The van der Waals surface area contributed by atoms with Crippen molar-refractivity contribution in [1.29, 1.82) is 0 Å². The van der Waals surface area contributed by atoms with Gasteiger partial charge in [0, 0.05) is 168 Å². The second-order valence-electron chi connectivity index (χ2n) is 16.3. The lowest BCUT2D eigenvalue weighted by molar-refractivity contribution is 1.11. The predicted molar refractivity (Wildman–Crippen MR) is 251 cm³/mol. The van der Waals surface area contributed by atoms with Crippen LogP contribution in [0.2, 0.25) is 0 Å². The van der Waals surface area contributed by atoms with Crippen molar-refractivity contribution in [2.45, 2.75) is 0 Å². The van der Waals surface area contributed by atoms with Crippen LogP contribution in [0.1, 0.15) is 45.0 Å². The molecule has 300 valence electrons. The van der Waals surface area contributed by atoms with Gasteiger partial charge in [-0.15, -0.1) is 0 Å². The average molecular weight is 789 g/mol. The number of nitrogens with zero attached hydrogens (tertiary/aromatic N) is 4. The van der Waals surface area contributed by atoms with Crippen LogP contribution >= 0.6 is 0 Å². The Hall–Kier alpha value is -7.32. The van der Waals surface area contributed by atoms with E-state index in [0.717, 1.165) is 111 Å². The maximum atomic E-state index is 3.97. The number of benzene rings is 4. The fourth-order valence-corrected chi connectivity index (χ4v) is 8.79. The number of fused-ring (bicyclic) bond motifs is 8. The molecule has 0 saturated heterocycles. The Morgan fingerprint density at radius 1 is 0.250 bits per heavy atom. The molecule has 1 aliphatic heterocycles. The molecule has 4 aromatic heterocycles. The summed E-state index contributed by atoms with van der Waals surface area (Å²) in [6.45, 7) is 0. The van der Waals surface area contributed by atoms with Gasteiger partial charge in [-0.05, 0) is 72.8 Å². The molecule has 0 radical (unpaired) electrons. The Morgan fingerprint density at radius 3 is 0.683 bits per heavy atom. The monoisotopic (exact) mass is 788 g/mol. The summed E-state index contributed by atoms with van der Waals surface area (Å²) in [5.41, 5.74) is 17.4. The summed E-state index contributed by atoms with van der Waals surface area (Å²) in [6.07, 6.45) is 0. The number of aromatic amines is 4. The predicted octanol–water partition coefficient (Wildman–Crippen LogP) is 6.57. The highest BCUT2D eigenvalue weighted by atomic mass is 15.1. The Kier molecular flexibility index (Phi) is 9.84. The summed E-state index contributed by atoms with van der Waals surface area (Å²) in [7, 11) is 16.9. The molecule has 4 aromatic carbocycles. The van der Waals surface area contributed by atoms with E-state index in [1.807, 2.05) is 0 Å². The molecule has 8 nitrogen and oxygen atoms in total. The van der Waals surface area contributed by atoms with E-state index in [1.54, 1.807) is 0 Å². The number of nitrogens with one attached hydrogen (secondary N) is 4. The van der Waals surface area contributed by atoms with E-state index < -0.39 is 0 Å². The lowest BCUT2D eigenvalue weighted by atomic mass is 10.00. The van der Waals surface area contributed by atoms with E-state index in [0.29, 0.717) is 0 Å². The van der Waals surface area contributed by atoms with Crippen molar-refractivity contribution in [3.8, 4) is 0 Å². The first kappa shape index (κ1) is 38.2. The quantitative estimate of drug-likeness (QED) is 0.141. The molecular formula is C52H52N8. The van der Waals surface area contributed by atoms with E-state index in [1.165, 1.54) is 0 Å². The van der Waals surface area contributed by atoms with Gasteiger partial charge in [-0.25, -0.2) is 0 Å². The Labute approximate surface area is 351 Å². The van der Waals surface area contributed by atoms with Crippen LogP contribution in [0.3, 0.4) is 0 Å². The lowest BCUT2D eigenvalue weighted by Gasteiger charge is -2.20. The summed E-state index contributed by atoms with van der Waals surface area (Å²) in [4.78, 5) is 24.6. The molecule has 8 aromatic rings. The Bertz CT molecular complexity index is 2710. The van der Waals surface area contributed by atoms with Gasteiger partial charge in [0.25, 0.3) is 0 Å². The second-order valence-corrected chi connectivity index (χ2v) is 16.3. The molecule has 8 bridgehead atoms. The molecule has 0 saturated carbocycles. The fraction of sp³-hybridized carbons (Fsp3) is 0.154. The standard InChI is InChI=1S/C52H52N8/c1-57(2)45-21-13-9-17-33(45)49-37-25-27-39(53-37)50(34-18-10-14-22-46(34)58(3)4)41-29-31-43(55-41)52(36-20-12-16-24-48(36)60(7)8)44-32-30-42(56-44)51(40-28-26-38(49)54-40)35-19-11-15-23-47(35)59(5)6/h9-32,53-56H,1-8H3. The largest absolute Gasteiger partial charge is 0.377 e. The minimum atomic E-state index is 1.01. The highest BCUT2D eigenvalue weighted by molar-refractivity contribution is 5.91. The number of aromatic nitrogens is 4. The number of hydrogen-bond acceptors (Lipinski definition) is 4. The number of H-pyrrole nitrogens is 4. The van der Waals surface area contributed by atoms with Crippen molar-refractivity contribution in [2.24, 2.45) is 0 Å². The average Bonchev–Trinajstić information content (AvgIpc) is 4.09. The SMILES string of the molecule is CN(C)c1ccccc1C1=c2ccc([nH]2)=C(c2ccccc2N(C)C)c2ccc([nH]2)C(c2ccccc2N(C)C)=c2ccc([nH]2)=C(c2ccccc2N(C)C)c2ccc1[nH]2. The zero-order valence-corrected chi connectivity index (χ0v) is 35.6. The van der Waals surface area contributed by atoms with Crippen molar-refractivity contribution < 1.29 is 0 Å². The van der Waals surface area contributed by atoms with E-state index in [4.69, 9.17) is 0 Å². The summed E-state index contributed by atoms with van der Waals surface area (Å²) < 4.78 is 0. The smallest absolute Gasteiger partial charge is 0.0486 e. The molecule has 9 rings (SSSR count). The number of hydrogen-bond donors (Lipinski definition) is 4. The van der Waals surface area contributed by atoms with E-state index in [-0.39, 0.29) is 0 Å². The third kappa shape index (κ3) is 6.70. The highest BCUT2D eigenvalue weighted by Crippen LogP contribution is 2.35. The zero-order chi connectivity index (χ0) is 41.7. The van der Waals surface area contributed by atoms with Gasteiger partial charge in [0.15, 0.2) is 0 Å². The molecule has 0 spiro atoms. The molecule has 0 unspecified atom stereocenters. The Balaban J connectivity index is 1.48. The molecule has 0 fully saturated rings. The number of rotatable bonds is 8. The second kappa shape index (κ2) is 15.5. The van der Waals surface area contributed by atoms with Crippen molar-refractivity contribution in [3.05, 3.63) is 212 Å². The molecule has 1 aliphatic rings. The summed E-state index contributed by atoms with van der Waals surface area (Å²) in [5.74, 6) is 0. The van der Waals surface area contributed by atoms with E-state index in [2.05, 4.69) is 242 Å². The van der Waals surface area contributed by atoms with Crippen LogP contribution in [0, 0.1) is 0 Å². The van der Waals surface area contributed by atoms with Crippen LogP contribution in [0.25, 0.3) is 22.3 Å². The maximum Gasteiger partial charge on any atom is 0.0486 e. The van der Waals surface area contributed by atoms with Crippen LogP contribution in [0.15, 0.2) is 146 Å². The minimum absolute atomic E-state index is 1.01. The molecular weight excluding hydrogens is 737 g/mol. The van der Waals surface area contributed by atoms with Gasteiger partial charge in [-0.1, -0.05) is 72.8 Å². The maximum absolute atomic E-state index is 3.97. The summed E-state index contributed by atoms with van der Waals surface area (Å²) in [5, 5.41) is 4.04. The van der Waals surface area contributed by atoms with Gasteiger partial charge in [0.1, 0.15) is 0 Å². The minimum Gasteiger partial charge on any atom is -0.377 e. The van der Waals surface area contributed by atoms with Crippen LogP contribution < -0.4 is 41.0 Å². The summed E-state index contributed by atoms with van der Waals surface area (Å²) in [6, 6.07) is 52.4. The first-order chi connectivity index (χ1) is 29.1. The van der Waals surface area contributed by atoms with Gasteiger partial charge in [-0.3, -0.25) is 0 Å². The van der Waals surface area contributed by atoms with Crippen molar-refractivity contribution in [3.63, 3.8) is 0 Å². The van der Waals surface area contributed by atoms with Crippen LogP contribution in [0.5, 0.6) is 0 Å². The van der Waals surface area contributed by atoms with Crippen LogP contribution in [-0.4, -0.2) is 76.3 Å². The zero-order valence-electron chi connectivity index (χ0n) is 35.6. The molecule has 0 amide bonds. The van der Waals surface area contributed by atoms with Crippen LogP contribution in [0.4, 0.5) is 22.7 Å². The van der Waals surface area contributed by atoms with Crippen molar-refractivity contribution >= 4 is 45.0 Å². The molecule has 8 heteroatoms. The first-order valence-electron chi connectivity index (χ1n) is 20.4. The molecule has 60 heavy (non-hydrogen) atoms. The van der Waals surface area contributed by atoms with Gasteiger partial charge >= 0.3 is 0 Å². The Morgan fingerprint density at radius 2 is 0.467 bits per heavy atom. The molecule has 5 heterocycles. The fourth-order valence-electron chi connectivity index (χ4n) is 8.79. The van der Waals surface area contributed by atoms with Gasteiger partial charge in [0.05, 0.1) is 0 Å². The molecule has 0 atom stereocenters. The third-order valence-corrected chi connectivity index (χ3v) is 11.5.